The van der Waals surface area contributed by atoms with Crippen molar-refractivity contribution in [2.45, 2.75) is 13.0 Å². The Morgan fingerprint density at radius 1 is 1.12 bits per heavy atom. The van der Waals surface area contributed by atoms with Crippen molar-refractivity contribution in [3.63, 3.8) is 0 Å². The summed E-state index contributed by atoms with van der Waals surface area (Å²) in [5.41, 5.74) is 4.60. The van der Waals surface area contributed by atoms with Crippen molar-refractivity contribution in [1.29, 1.82) is 0 Å². The number of rotatable bonds is 8. The van der Waals surface area contributed by atoms with E-state index in [0.717, 1.165) is 11.1 Å². The number of ether oxygens (including phenoxy) is 1. The Morgan fingerprint density at radius 3 is 2.53 bits per heavy atom. The summed E-state index contributed by atoms with van der Waals surface area (Å²) in [6.45, 7) is 0.279. The SMILES string of the molecule is O=C(Cc1ccc([N+](=O)[O-])cc1)N/N=C\c1ccc(OCc2ccc(Cl)cc2Cl)c(Br)c1. The summed E-state index contributed by atoms with van der Waals surface area (Å²) in [4.78, 5) is 22.2. The molecule has 1 amide bonds. The van der Waals surface area contributed by atoms with Crippen LogP contribution in [0.15, 0.2) is 70.2 Å². The van der Waals surface area contributed by atoms with Crippen LogP contribution in [-0.2, 0) is 17.8 Å². The molecule has 0 aliphatic carbocycles. The minimum absolute atomic E-state index is 0.0264. The average molecular weight is 537 g/mol. The number of amides is 1. The Labute approximate surface area is 202 Å². The number of carbonyl (C=O) groups excluding carboxylic acids is 1. The predicted octanol–water partition coefficient (Wildman–Crippen LogP) is 5.94. The molecule has 0 aliphatic heterocycles. The number of benzene rings is 3. The molecule has 0 atom stereocenters. The topological polar surface area (TPSA) is 93.8 Å². The molecule has 164 valence electrons. The second-order valence-corrected chi connectivity index (χ2v) is 8.31. The van der Waals surface area contributed by atoms with Gasteiger partial charge in [-0.2, -0.15) is 5.10 Å². The lowest BCUT2D eigenvalue weighted by atomic mass is 10.1. The maximum absolute atomic E-state index is 12.0. The first kappa shape index (κ1) is 23.7. The zero-order chi connectivity index (χ0) is 23.1. The highest BCUT2D eigenvalue weighted by Crippen LogP contribution is 2.28. The number of carbonyl (C=O) groups is 1. The molecule has 0 unspecified atom stereocenters. The lowest BCUT2D eigenvalue weighted by Gasteiger charge is -2.10. The molecule has 0 fully saturated rings. The predicted molar refractivity (Wildman–Crippen MR) is 127 cm³/mol. The third kappa shape index (κ3) is 6.78. The fraction of sp³-hybridized carbons (Fsp3) is 0.0909. The van der Waals surface area contributed by atoms with Crippen molar-refractivity contribution in [2.24, 2.45) is 5.10 Å². The van der Waals surface area contributed by atoms with Gasteiger partial charge in [-0.05, 0) is 57.4 Å². The highest BCUT2D eigenvalue weighted by Gasteiger charge is 2.08. The first-order valence-corrected chi connectivity index (χ1v) is 10.8. The van der Waals surface area contributed by atoms with Crippen LogP contribution in [-0.4, -0.2) is 17.0 Å². The van der Waals surface area contributed by atoms with Gasteiger partial charge in [0.25, 0.3) is 5.69 Å². The van der Waals surface area contributed by atoms with Gasteiger partial charge >= 0.3 is 0 Å². The molecule has 3 rings (SSSR count). The van der Waals surface area contributed by atoms with E-state index < -0.39 is 4.92 Å². The third-order valence-electron chi connectivity index (χ3n) is 4.27. The molecule has 3 aromatic carbocycles. The first-order chi connectivity index (χ1) is 15.3. The van der Waals surface area contributed by atoms with Crippen LogP contribution in [0.4, 0.5) is 5.69 Å². The molecule has 0 saturated heterocycles. The van der Waals surface area contributed by atoms with Crippen molar-refractivity contribution in [2.75, 3.05) is 0 Å². The Balaban J connectivity index is 1.53. The van der Waals surface area contributed by atoms with E-state index in [4.69, 9.17) is 27.9 Å². The van der Waals surface area contributed by atoms with Gasteiger partial charge in [-0.15, -0.1) is 0 Å². The van der Waals surface area contributed by atoms with E-state index in [1.54, 1.807) is 36.4 Å². The molecule has 0 radical (unpaired) electrons. The molecule has 3 aromatic rings. The van der Waals surface area contributed by atoms with Crippen molar-refractivity contribution in [3.05, 3.63) is 102 Å². The summed E-state index contributed by atoms with van der Waals surface area (Å²) < 4.78 is 6.51. The van der Waals surface area contributed by atoms with Crippen molar-refractivity contribution in [3.8, 4) is 5.75 Å². The Bertz CT molecular complexity index is 1170. The van der Waals surface area contributed by atoms with Gasteiger partial charge in [0.1, 0.15) is 12.4 Å². The smallest absolute Gasteiger partial charge is 0.269 e. The van der Waals surface area contributed by atoms with Crippen LogP contribution in [0, 0.1) is 10.1 Å². The summed E-state index contributed by atoms with van der Waals surface area (Å²) in [5.74, 6) is 0.282. The molecule has 0 saturated carbocycles. The highest BCUT2D eigenvalue weighted by atomic mass is 79.9. The summed E-state index contributed by atoms with van der Waals surface area (Å²) >= 11 is 15.5. The Kier molecular flexibility index (Phi) is 8.21. The fourth-order valence-corrected chi connectivity index (χ4v) is 3.62. The van der Waals surface area contributed by atoms with Gasteiger partial charge in [0.05, 0.1) is 22.0 Å². The zero-order valence-electron chi connectivity index (χ0n) is 16.4. The number of hydrogen-bond donors (Lipinski definition) is 1. The van der Waals surface area contributed by atoms with Gasteiger partial charge in [0.2, 0.25) is 5.91 Å². The number of nitrogens with zero attached hydrogens (tertiary/aromatic N) is 2. The highest BCUT2D eigenvalue weighted by molar-refractivity contribution is 9.10. The number of hydrogen-bond acceptors (Lipinski definition) is 5. The van der Waals surface area contributed by atoms with Crippen LogP contribution in [0.1, 0.15) is 16.7 Å². The normalized spacial score (nSPS) is 10.8. The quantitative estimate of drug-likeness (QED) is 0.219. The molecular formula is C22H16BrCl2N3O4. The first-order valence-electron chi connectivity index (χ1n) is 9.23. The van der Waals surface area contributed by atoms with Gasteiger partial charge in [0, 0.05) is 27.7 Å². The number of nitrogens with one attached hydrogen (secondary N) is 1. The van der Waals surface area contributed by atoms with E-state index >= 15 is 0 Å². The van der Waals surface area contributed by atoms with Crippen molar-refractivity contribution >= 4 is 56.9 Å². The minimum atomic E-state index is -0.491. The monoisotopic (exact) mass is 535 g/mol. The van der Waals surface area contributed by atoms with Gasteiger partial charge in [0.15, 0.2) is 0 Å². The molecule has 7 nitrogen and oxygen atoms in total. The molecule has 0 spiro atoms. The molecule has 0 heterocycles. The summed E-state index contributed by atoms with van der Waals surface area (Å²) in [6.07, 6.45) is 1.55. The number of halogens is 3. The minimum Gasteiger partial charge on any atom is -0.488 e. The number of nitro benzene ring substituents is 1. The van der Waals surface area contributed by atoms with Crippen LogP contribution in [0.5, 0.6) is 5.75 Å². The van der Waals surface area contributed by atoms with Crippen LogP contribution in [0.2, 0.25) is 10.0 Å². The lowest BCUT2D eigenvalue weighted by Crippen LogP contribution is -2.19. The second kappa shape index (κ2) is 11.1. The molecule has 0 aromatic heterocycles. The third-order valence-corrected chi connectivity index (χ3v) is 5.48. The molecule has 32 heavy (non-hydrogen) atoms. The van der Waals surface area contributed by atoms with Crippen molar-refractivity contribution in [1.82, 2.24) is 5.43 Å². The number of nitro groups is 1. The van der Waals surface area contributed by atoms with E-state index in [-0.39, 0.29) is 24.6 Å². The van der Waals surface area contributed by atoms with Gasteiger partial charge in [-0.1, -0.05) is 41.4 Å². The van der Waals surface area contributed by atoms with Crippen LogP contribution in [0.25, 0.3) is 0 Å². The number of hydrazone groups is 1. The second-order valence-electron chi connectivity index (χ2n) is 6.61. The van der Waals surface area contributed by atoms with Crippen LogP contribution >= 0.6 is 39.1 Å². The molecule has 10 heteroatoms. The van der Waals surface area contributed by atoms with Crippen LogP contribution < -0.4 is 10.2 Å². The van der Waals surface area contributed by atoms with E-state index in [2.05, 4.69) is 26.5 Å². The molecule has 0 aliphatic rings. The van der Waals surface area contributed by atoms with E-state index in [1.807, 2.05) is 0 Å². The lowest BCUT2D eigenvalue weighted by molar-refractivity contribution is -0.384. The molecule has 0 bridgehead atoms. The maximum atomic E-state index is 12.0. The van der Waals surface area contributed by atoms with Gasteiger partial charge in [-0.3, -0.25) is 14.9 Å². The Hall–Kier alpha value is -2.94. The van der Waals surface area contributed by atoms with Gasteiger partial charge < -0.3 is 4.74 Å². The van der Waals surface area contributed by atoms with Crippen molar-refractivity contribution < 1.29 is 14.5 Å². The average Bonchev–Trinajstić information content (AvgIpc) is 2.74. The summed E-state index contributed by atoms with van der Waals surface area (Å²) in [6, 6.07) is 16.3. The summed E-state index contributed by atoms with van der Waals surface area (Å²) in [7, 11) is 0. The summed E-state index contributed by atoms with van der Waals surface area (Å²) in [5, 5.41) is 15.7. The van der Waals surface area contributed by atoms with Gasteiger partial charge in [-0.25, -0.2) is 5.43 Å². The van der Waals surface area contributed by atoms with Crippen LogP contribution in [0.3, 0.4) is 0 Å². The maximum Gasteiger partial charge on any atom is 0.269 e. The zero-order valence-corrected chi connectivity index (χ0v) is 19.5. The molecular weight excluding hydrogens is 521 g/mol. The van der Waals surface area contributed by atoms with E-state index in [1.165, 1.54) is 30.5 Å². The standard InChI is InChI=1S/C22H16BrCl2N3O4/c23-19-9-15(3-8-21(19)32-13-16-4-5-17(24)11-20(16)25)12-26-27-22(29)10-14-1-6-18(7-2-14)28(30)31/h1-9,11-12H,10,13H2,(H,27,29)/b26-12-. The number of non-ortho nitro benzene ring substituents is 1. The Morgan fingerprint density at radius 2 is 1.88 bits per heavy atom. The molecule has 1 N–H and O–H groups in total. The van der Waals surface area contributed by atoms with E-state index in [9.17, 15) is 14.9 Å². The fourth-order valence-electron chi connectivity index (χ4n) is 2.65. The largest absolute Gasteiger partial charge is 0.488 e. The van der Waals surface area contributed by atoms with E-state index in [0.29, 0.717) is 25.8 Å².